The van der Waals surface area contributed by atoms with Crippen molar-refractivity contribution in [2.24, 2.45) is 5.92 Å². The monoisotopic (exact) mass is 250 g/mol. The van der Waals surface area contributed by atoms with Gasteiger partial charge in [-0.25, -0.2) is 8.42 Å². The van der Waals surface area contributed by atoms with E-state index >= 15 is 0 Å². The van der Waals surface area contributed by atoms with Crippen molar-refractivity contribution in [1.29, 1.82) is 0 Å². The van der Waals surface area contributed by atoms with Crippen molar-refractivity contribution in [2.75, 3.05) is 12.4 Å². The number of carbonyl (C=O) groups excluding carboxylic acids is 1. The summed E-state index contributed by atoms with van der Waals surface area (Å²) in [5.74, 6) is -0.402. The zero-order valence-corrected chi connectivity index (χ0v) is 11.3. The molecule has 16 heavy (non-hydrogen) atoms. The van der Waals surface area contributed by atoms with Gasteiger partial charge in [0.1, 0.15) is 5.78 Å². The molecule has 0 amide bonds. The van der Waals surface area contributed by atoms with Crippen molar-refractivity contribution in [1.82, 2.24) is 0 Å². The second-order valence-corrected chi connectivity index (χ2v) is 7.90. The van der Waals surface area contributed by atoms with E-state index in [2.05, 4.69) is 0 Å². The average Bonchev–Trinajstić information content (AvgIpc) is 2.09. The molecule has 1 atom stereocenters. The SMILES string of the molecule is CC(=O)C(CCO)CCS(=O)(=O)C(C)(C)C. The van der Waals surface area contributed by atoms with E-state index in [0.717, 1.165) is 0 Å². The molecule has 0 heterocycles. The quantitative estimate of drug-likeness (QED) is 0.768. The molecule has 4 nitrogen and oxygen atoms in total. The Morgan fingerprint density at radius 3 is 2.06 bits per heavy atom. The largest absolute Gasteiger partial charge is 0.396 e. The molecule has 0 aromatic carbocycles. The Hall–Kier alpha value is -0.420. The average molecular weight is 250 g/mol. The minimum Gasteiger partial charge on any atom is -0.396 e. The van der Waals surface area contributed by atoms with E-state index in [1.165, 1.54) is 6.92 Å². The lowest BCUT2D eigenvalue weighted by atomic mass is 9.99. The molecule has 0 aliphatic carbocycles. The van der Waals surface area contributed by atoms with Gasteiger partial charge < -0.3 is 5.11 Å². The normalized spacial score (nSPS) is 14.8. The summed E-state index contributed by atoms with van der Waals surface area (Å²) in [4.78, 5) is 11.2. The van der Waals surface area contributed by atoms with Crippen molar-refractivity contribution in [3.63, 3.8) is 0 Å². The summed E-state index contributed by atoms with van der Waals surface area (Å²) in [6, 6.07) is 0. The third kappa shape index (κ3) is 4.61. The smallest absolute Gasteiger partial charge is 0.155 e. The van der Waals surface area contributed by atoms with Crippen LogP contribution in [0.15, 0.2) is 0 Å². The van der Waals surface area contributed by atoms with E-state index in [0.29, 0.717) is 12.8 Å². The zero-order chi connectivity index (χ0) is 13.0. The predicted octanol–water partition coefficient (Wildman–Crippen LogP) is 1.18. The number of hydrogen-bond acceptors (Lipinski definition) is 4. The maximum Gasteiger partial charge on any atom is 0.155 e. The molecule has 0 aliphatic rings. The maximum atomic E-state index is 11.8. The van der Waals surface area contributed by atoms with Gasteiger partial charge in [0.25, 0.3) is 0 Å². The van der Waals surface area contributed by atoms with Crippen LogP contribution in [0.4, 0.5) is 0 Å². The third-order valence-corrected chi connectivity index (χ3v) is 5.36. The van der Waals surface area contributed by atoms with Crippen molar-refractivity contribution >= 4 is 15.6 Å². The summed E-state index contributed by atoms with van der Waals surface area (Å²) in [6.45, 7) is 6.30. The molecular formula is C11H22O4S. The van der Waals surface area contributed by atoms with E-state index in [4.69, 9.17) is 5.11 Å². The first-order chi connectivity index (χ1) is 7.12. The fourth-order valence-electron chi connectivity index (χ4n) is 1.31. The highest BCUT2D eigenvalue weighted by Crippen LogP contribution is 2.20. The Balaban J connectivity index is 4.49. The van der Waals surface area contributed by atoms with Gasteiger partial charge in [-0.05, 0) is 40.5 Å². The van der Waals surface area contributed by atoms with Crippen molar-refractivity contribution < 1.29 is 18.3 Å². The van der Waals surface area contributed by atoms with Crippen LogP contribution in [-0.4, -0.2) is 36.4 Å². The second-order valence-electron chi connectivity index (χ2n) is 5.04. The second kappa shape index (κ2) is 5.77. The van der Waals surface area contributed by atoms with Gasteiger partial charge >= 0.3 is 0 Å². The van der Waals surface area contributed by atoms with E-state index < -0.39 is 14.6 Å². The van der Waals surface area contributed by atoms with Gasteiger partial charge in [-0.2, -0.15) is 0 Å². The van der Waals surface area contributed by atoms with Crippen LogP contribution < -0.4 is 0 Å². The molecule has 96 valence electrons. The van der Waals surface area contributed by atoms with Crippen molar-refractivity contribution in [2.45, 2.75) is 45.3 Å². The number of sulfone groups is 1. The van der Waals surface area contributed by atoms with E-state index in [9.17, 15) is 13.2 Å². The molecule has 0 aliphatic heterocycles. The van der Waals surface area contributed by atoms with Crippen LogP contribution in [0.2, 0.25) is 0 Å². The first kappa shape index (κ1) is 15.6. The number of aliphatic hydroxyl groups is 1. The van der Waals surface area contributed by atoms with Gasteiger partial charge in [0.05, 0.1) is 10.5 Å². The Morgan fingerprint density at radius 2 is 1.75 bits per heavy atom. The van der Waals surface area contributed by atoms with Gasteiger partial charge in [0.15, 0.2) is 9.84 Å². The summed E-state index contributed by atoms with van der Waals surface area (Å²) in [6.07, 6.45) is 0.643. The van der Waals surface area contributed by atoms with Crippen LogP contribution in [-0.2, 0) is 14.6 Å². The highest BCUT2D eigenvalue weighted by molar-refractivity contribution is 7.92. The first-order valence-electron chi connectivity index (χ1n) is 5.45. The molecule has 5 heteroatoms. The zero-order valence-electron chi connectivity index (χ0n) is 10.5. The summed E-state index contributed by atoms with van der Waals surface area (Å²) in [7, 11) is -3.18. The molecule has 1 unspecified atom stereocenters. The number of aliphatic hydroxyl groups excluding tert-OH is 1. The number of hydrogen-bond donors (Lipinski definition) is 1. The first-order valence-corrected chi connectivity index (χ1v) is 7.10. The Morgan fingerprint density at radius 1 is 1.25 bits per heavy atom. The van der Waals surface area contributed by atoms with Crippen LogP contribution in [0, 0.1) is 5.92 Å². The van der Waals surface area contributed by atoms with Crippen LogP contribution in [0.25, 0.3) is 0 Å². The standard InChI is InChI=1S/C11H22O4S/c1-9(13)10(5-7-12)6-8-16(14,15)11(2,3)4/h10,12H,5-8H2,1-4H3. The van der Waals surface area contributed by atoms with Crippen molar-refractivity contribution in [3.8, 4) is 0 Å². The van der Waals surface area contributed by atoms with E-state index in [1.54, 1.807) is 20.8 Å². The molecule has 0 rings (SSSR count). The Labute approximate surface area is 98.0 Å². The number of Topliss-reactive ketones (excluding diaryl/α,β-unsaturated/α-hetero) is 1. The minimum atomic E-state index is -3.18. The van der Waals surface area contributed by atoms with Crippen LogP contribution in [0.3, 0.4) is 0 Å². The molecule has 0 fully saturated rings. The van der Waals surface area contributed by atoms with Crippen LogP contribution >= 0.6 is 0 Å². The minimum absolute atomic E-state index is 0.000741. The van der Waals surface area contributed by atoms with Gasteiger partial charge in [-0.1, -0.05) is 0 Å². The fraction of sp³-hybridized carbons (Fsp3) is 0.909. The lowest BCUT2D eigenvalue weighted by Crippen LogP contribution is -2.31. The maximum absolute atomic E-state index is 11.8. The highest BCUT2D eigenvalue weighted by atomic mass is 32.2. The topological polar surface area (TPSA) is 71.4 Å². The molecule has 0 bridgehead atoms. The van der Waals surface area contributed by atoms with E-state index in [1.807, 2.05) is 0 Å². The summed E-state index contributed by atoms with van der Waals surface area (Å²) < 4.78 is 22.8. The lowest BCUT2D eigenvalue weighted by Gasteiger charge is -2.20. The molecule has 0 aromatic heterocycles. The van der Waals surface area contributed by atoms with E-state index in [-0.39, 0.29) is 24.1 Å². The van der Waals surface area contributed by atoms with Gasteiger partial charge in [0.2, 0.25) is 0 Å². The van der Waals surface area contributed by atoms with Gasteiger partial charge in [0, 0.05) is 12.5 Å². The number of carbonyl (C=O) groups is 1. The van der Waals surface area contributed by atoms with Crippen molar-refractivity contribution in [3.05, 3.63) is 0 Å². The fourth-order valence-corrected chi connectivity index (χ4v) is 2.52. The Kier molecular flexibility index (Phi) is 5.62. The molecule has 0 spiro atoms. The molecular weight excluding hydrogens is 228 g/mol. The summed E-state index contributed by atoms with van der Waals surface area (Å²) >= 11 is 0. The molecule has 1 N–H and O–H groups in total. The summed E-state index contributed by atoms with van der Waals surface area (Å²) in [5, 5.41) is 8.77. The molecule has 0 aromatic rings. The summed E-state index contributed by atoms with van der Waals surface area (Å²) in [5.41, 5.74) is 0. The van der Waals surface area contributed by atoms with Crippen LogP contribution in [0.1, 0.15) is 40.5 Å². The number of ketones is 1. The lowest BCUT2D eigenvalue weighted by molar-refractivity contribution is -0.121. The molecule has 0 saturated carbocycles. The van der Waals surface area contributed by atoms with Gasteiger partial charge in [-0.15, -0.1) is 0 Å². The van der Waals surface area contributed by atoms with Crippen LogP contribution in [0.5, 0.6) is 0 Å². The van der Waals surface area contributed by atoms with Gasteiger partial charge in [-0.3, -0.25) is 4.79 Å². The Bertz CT molecular complexity index is 324. The number of rotatable bonds is 6. The highest BCUT2D eigenvalue weighted by Gasteiger charge is 2.29. The molecule has 0 radical (unpaired) electrons. The predicted molar refractivity (Wildman–Crippen MR) is 64.0 cm³/mol. The third-order valence-electron chi connectivity index (χ3n) is 2.72. The molecule has 0 saturated heterocycles.